The maximum atomic E-state index is 14.5. The molecule has 9 N–H and O–H groups in total. The quantitative estimate of drug-likeness (QED) is 0.0556. The summed E-state index contributed by atoms with van der Waals surface area (Å²) in [6, 6.07) is 0.916. The summed E-state index contributed by atoms with van der Waals surface area (Å²) < 4.78 is 0. The molecule has 62 heavy (non-hydrogen) atoms. The van der Waals surface area contributed by atoms with Crippen molar-refractivity contribution >= 4 is 65.0 Å². The van der Waals surface area contributed by atoms with Crippen LogP contribution in [0.15, 0.2) is 30.3 Å². The van der Waals surface area contributed by atoms with Crippen LogP contribution in [0.5, 0.6) is 0 Å². The Morgan fingerprint density at radius 3 is 1.69 bits per heavy atom. The highest BCUT2D eigenvalue weighted by Crippen LogP contribution is 2.33. The number of nitrogens with zero attached hydrogens (tertiary/aromatic N) is 1. The minimum atomic E-state index is -1.55. The van der Waals surface area contributed by atoms with Crippen LogP contribution >= 0.6 is 0 Å². The molecule has 1 saturated heterocycles. The van der Waals surface area contributed by atoms with Crippen molar-refractivity contribution in [3.05, 3.63) is 35.9 Å². The van der Waals surface area contributed by atoms with Gasteiger partial charge in [0.05, 0.1) is 6.04 Å². The van der Waals surface area contributed by atoms with Crippen LogP contribution in [0.25, 0.3) is 0 Å². The number of amides is 7. The smallest absolute Gasteiger partial charge is 0.322 e. The molecule has 0 aromatic heterocycles. The van der Waals surface area contributed by atoms with Gasteiger partial charge in [0.1, 0.15) is 36.8 Å². The molecule has 21 nitrogen and oxygen atoms in total. The highest BCUT2D eigenvalue weighted by atomic mass is 16.4. The van der Waals surface area contributed by atoms with Crippen LogP contribution in [0.1, 0.15) is 98.0 Å². The third-order valence-electron chi connectivity index (χ3n) is 10.1. The van der Waals surface area contributed by atoms with Gasteiger partial charge < -0.3 is 52.1 Å². The molecular formula is C41H59N7O14. The van der Waals surface area contributed by atoms with Gasteiger partial charge in [0.2, 0.25) is 41.2 Å². The number of nitrogens with one attached hydrogen (secondary N) is 6. The monoisotopic (exact) mass is 873 g/mol. The summed E-state index contributed by atoms with van der Waals surface area (Å²) in [5.41, 5.74) is 0.803. The van der Waals surface area contributed by atoms with Gasteiger partial charge in [-0.1, -0.05) is 71.4 Å². The first-order valence-electron chi connectivity index (χ1n) is 20.4. The van der Waals surface area contributed by atoms with Gasteiger partial charge in [0.15, 0.2) is 0 Å². The maximum absolute atomic E-state index is 14.5. The van der Waals surface area contributed by atoms with Crippen LogP contribution < -0.4 is 31.9 Å². The topological polar surface area (TPSA) is 324 Å². The molecule has 21 heteroatoms. The van der Waals surface area contributed by atoms with E-state index in [0.29, 0.717) is 6.42 Å². The maximum Gasteiger partial charge on any atom is 0.322 e. The minimum absolute atomic E-state index is 0.0206. The van der Waals surface area contributed by atoms with E-state index in [0.717, 1.165) is 12.5 Å². The van der Waals surface area contributed by atoms with Crippen molar-refractivity contribution in [2.24, 2.45) is 11.8 Å². The van der Waals surface area contributed by atoms with E-state index >= 15 is 0 Å². The number of carbonyl (C=O) groups is 11. The van der Waals surface area contributed by atoms with E-state index in [1.54, 1.807) is 52.8 Å². The summed E-state index contributed by atoms with van der Waals surface area (Å²) in [6.45, 7) is 8.47. The lowest BCUT2D eigenvalue weighted by Crippen LogP contribution is -2.61. The number of benzene rings is 1. The molecule has 1 aromatic rings. The van der Waals surface area contributed by atoms with E-state index in [9.17, 15) is 57.8 Å². The summed E-state index contributed by atoms with van der Waals surface area (Å²) in [7, 11) is 0. The van der Waals surface area contributed by atoms with Crippen molar-refractivity contribution in [3.8, 4) is 0 Å². The number of hydrogen-bond donors (Lipinski definition) is 9. The number of hydrogen-bond acceptors (Lipinski definition) is 11. The van der Waals surface area contributed by atoms with E-state index < -0.39 is 139 Å². The van der Waals surface area contributed by atoms with Gasteiger partial charge >= 0.3 is 17.9 Å². The Bertz CT molecular complexity index is 1820. The summed E-state index contributed by atoms with van der Waals surface area (Å²) in [5, 5.41) is 41.8. The van der Waals surface area contributed by atoms with Gasteiger partial charge in [-0.25, -0.2) is 0 Å². The van der Waals surface area contributed by atoms with E-state index in [-0.39, 0.29) is 31.7 Å². The lowest BCUT2D eigenvalue weighted by Gasteiger charge is -2.33. The molecule has 0 bridgehead atoms. The molecule has 1 fully saturated rings. The zero-order valence-corrected chi connectivity index (χ0v) is 35.7. The summed E-state index contributed by atoms with van der Waals surface area (Å²) in [5.74, 6) is -12.7. The first-order valence-corrected chi connectivity index (χ1v) is 20.4. The van der Waals surface area contributed by atoms with Gasteiger partial charge in [-0.15, -0.1) is 0 Å². The van der Waals surface area contributed by atoms with Crippen LogP contribution in [-0.4, -0.2) is 135 Å². The standard InChI is InChI=1S/C41H59N7O14/c1-7-11-26(35(56)40(61)42-19-32(54)55)44-38(59)29-18-25(24-12-9-8-10-13-24)20-48(29)41(62)34(22(4)5)47-39(60)33(21(2)3)46-37(58)28(15-17-31(52)53)45-36(57)27(43-23(6)49)14-16-30(50)51/h8-10,12-13,21-22,25-29,33-34H,7,11,14-20H2,1-6H3,(H,42,61)(H,43,49)(H,44,59)(H,45,57)(H,46,58)(H,47,60)(H,50,51)(H,52,53)(H,54,55)/t25-,26+,27+,28+,29+,33+,34+/m1/s1. The van der Waals surface area contributed by atoms with Crippen molar-refractivity contribution in [2.45, 2.75) is 129 Å². The predicted octanol–water partition coefficient (Wildman–Crippen LogP) is -0.573. The lowest BCUT2D eigenvalue weighted by molar-refractivity contribution is -0.145. The zero-order chi connectivity index (χ0) is 46.8. The fraction of sp³-hybridized carbons (Fsp3) is 0.585. The largest absolute Gasteiger partial charge is 0.481 e. The number of Topliss-reactive ketones (excluding diaryl/α,β-unsaturated/α-hetero) is 1. The molecule has 0 unspecified atom stereocenters. The van der Waals surface area contributed by atoms with Gasteiger partial charge in [-0.2, -0.15) is 0 Å². The summed E-state index contributed by atoms with van der Waals surface area (Å²) in [4.78, 5) is 142. The van der Waals surface area contributed by atoms with Gasteiger partial charge in [0, 0.05) is 32.2 Å². The van der Waals surface area contributed by atoms with Gasteiger partial charge in [0.25, 0.3) is 5.91 Å². The molecule has 1 aliphatic heterocycles. The van der Waals surface area contributed by atoms with Gasteiger partial charge in [-0.05, 0) is 43.1 Å². The zero-order valence-electron chi connectivity index (χ0n) is 35.7. The van der Waals surface area contributed by atoms with Crippen LogP contribution in [0.4, 0.5) is 0 Å². The normalized spacial score (nSPS) is 17.1. The Morgan fingerprint density at radius 1 is 0.661 bits per heavy atom. The number of aliphatic carboxylic acids is 3. The summed E-state index contributed by atoms with van der Waals surface area (Å²) >= 11 is 0. The van der Waals surface area contributed by atoms with Crippen LogP contribution in [-0.2, 0) is 52.7 Å². The average Bonchev–Trinajstić information content (AvgIpc) is 3.66. The number of likely N-dealkylation sites (tertiary alicyclic amines) is 1. The van der Waals surface area contributed by atoms with Crippen molar-refractivity contribution in [2.75, 3.05) is 13.1 Å². The average molecular weight is 874 g/mol. The molecule has 0 aliphatic carbocycles. The van der Waals surface area contributed by atoms with Crippen molar-refractivity contribution in [3.63, 3.8) is 0 Å². The van der Waals surface area contributed by atoms with E-state index in [1.165, 1.54) is 4.90 Å². The molecule has 1 aromatic carbocycles. The minimum Gasteiger partial charge on any atom is -0.481 e. The van der Waals surface area contributed by atoms with Gasteiger partial charge in [-0.3, -0.25) is 52.7 Å². The molecule has 0 radical (unpaired) electrons. The Balaban J connectivity index is 2.41. The Labute approximate surface area is 358 Å². The second-order valence-electron chi connectivity index (χ2n) is 15.8. The predicted molar refractivity (Wildman–Crippen MR) is 219 cm³/mol. The number of ketones is 1. The first-order chi connectivity index (χ1) is 29.1. The van der Waals surface area contributed by atoms with Crippen molar-refractivity contribution in [1.29, 1.82) is 0 Å². The summed E-state index contributed by atoms with van der Waals surface area (Å²) in [6.07, 6.45) is -1.41. The fourth-order valence-electron chi connectivity index (χ4n) is 6.84. The first kappa shape index (κ1) is 51.7. The SMILES string of the molecule is CCC[C@H](NC(=O)[C@@H]1C[C@@H](c2ccccc2)CN1C(=O)[C@@H](NC(=O)[C@@H](NC(=O)[C@H](CCC(=O)O)NC(=O)[C@H](CCC(=O)O)NC(C)=O)C(C)C)C(C)C)C(=O)C(=O)NCC(=O)O. The highest BCUT2D eigenvalue weighted by molar-refractivity contribution is 6.38. The Hall–Kier alpha value is -6.41. The Kier molecular flexibility index (Phi) is 20.6. The van der Waals surface area contributed by atoms with Crippen molar-refractivity contribution in [1.82, 2.24) is 36.8 Å². The third-order valence-corrected chi connectivity index (χ3v) is 10.1. The molecule has 0 spiro atoms. The van der Waals surface area contributed by atoms with E-state index in [2.05, 4.69) is 26.6 Å². The molecule has 0 saturated carbocycles. The number of carboxylic acid groups (broad SMARTS) is 3. The second kappa shape index (κ2) is 24.7. The van der Waals surface area contributed by atoms with E-state index in [1.807, 2.05) is 17.4 Å². The molecule has 342 valence electrons. The molecular weight excluding hydrogens is 814 g/mol. The molecule has 2 rings (SSSR count). The molecule has 1 heterocycles. The molecule has 7 atom stereocenters. The third kappa shape index (κ3) is 16.2. The highest BCUT2D eigenvalue weighted by Gasteiger charge is 2.45. The van der Waals surface area contributed by atoms with Crippen LogP contribution in [0, 0.1) is 11.8 Å². The van der Waals surface area contributed by atoms with E-state index in [4.69, 9.17) is 10.2 Å². The van der Waals surface area contributed by atoms with Crippen molar-refractivity contribution < 1.29 is 68.1 Å². The van der Waals surface area contributed by atoms with Crippen LogP contribution in [0.2, 0.25) is 0 Å². The fourth-order valence-corrected chi connectivity index (χ4v) is 6.84. The lowest BCUT2D eigenvalue weighted by atomic mass is 9.96. The van der Waals surface area contributed by atoms with Crippen LogP contribution in [0.3, 0.4) is 0 Å². The Morgan fingerprint density at radius 2 is 1.19 bits per heavy atom. The number of carbonyl (C=O) groups excluding carboxylic acids is 8. The number of carboxylic acids is 3. The molecule has 7 amide bonds. The number of rotatable bonds is 25. The second-order valence-corrected chi connectivity index (χ2v) is 15.8. The molecule has 1 aliphatic rings.